The van der Waals surface area contributed by atoms with E-state index in [9.17, 15) is 4.79 Å². The van der Waals surface area contributed by atoms with Gasteiger partial charge in [-0.25, -0.2) is 4.98 Å². The largest absolute Gasteiger partial charge is 0.497 e. The van der Waals surface area contributed by atoms with Gasteiger partial charge in [0.2, 0.25) is 0 Å². The van der Waals surface area contributed by atoms with Crippen molar-refractivity contribution in [2.45, 2.75) is 44.9 Å². The highest BCUT2D eigenvalue weighted by Gasteiger charge is 2.21. The Morgan fingerprint density at radius 2 is 1.85 bits per heavy atom. The molecule has 0 radical (unpaired) electrons. The number of methoxy groups -OCH3 is 1. The minimum Gasteiger partial charge on any atom is -0.497 e. The van der Waals surface area contributed by atoms with E-state index in [4.69, 9.17) is 4.74 Å². The summed E-state index contributed by atoms with van der Waals surface area (Å²) in [6.45, 7) is 1.97. The molecule has 7 nitrogen and oxygen atoms in total. The molecule has 0 spiro atoms. The number of carbonyl (C=O) groups is 1. The number of nitrogens with zero attached hydrogens (tertiary/aromatic N) is 4. The van der Waals surface area contributed by atoms with E-state index in [0.29, 0.717) is 22.9 Å². The molecule has 33 heavy (non-hydrogen) atoms. The minimum absolute atomic E-state index is 0.170. The molecule has 4 aromatic rings. The van der Waals surface area contributed by atoms with Gasteiger partial charge in [0.15, 0.2) is 0 Å². The van der Waals surface area contributed by atoms with Crippen LogP contribution in [0.5, 0.6) is 5.75 Å². The van der Waals surface area contributed by atoms with Crippen molar-refractivity contribution in [1.82, 2.24) is 19.6 Å². The first-order chi connectivity index (χ1) is 16.1. The molecule has 2 aromatic heterocycles. The Kier molecular flexibility index (Phi) is 5.77. The lowest BCUT2D eigenvalue weighted by atomic mass is 9.89. The average molecular weight is 442 g/mol. The summed E-state index contributed by atoms with van der Waals surface area (Å²) >= 11 is 0. The number of carbonyl (C=O) groups excluding carboxylic acids is 1. The fourth-order valence-corrected chi connectivity index (χ4v) is 4.67. The van der Waals surface area contributed by atoms with Gasteiger partial charge in [0.25, 0.3) is 11.7 Å². The molecule has 0 atom stereocenters. The third kappa shape index (κ3) is 4.18. The quantitative estimate of drug-likeness (QED) is 0.448. The Morgan fingerprint density at radius 1 is 1.06 bits per heavy atom. The van der Waals surface area contributed by atoms with Crippen LogP contribution in [0.1, 0.15) is 59.8 Å². The Hall–Kier alpha value is -3.74. The number of amides is 1. The van der Waals surface area contributed by atoms with Crippen LogP contribution in [0.3, 0.4) is 0 Å². The van der Waals surface area contributed by atoms with E-state index in [-0.39, 0.29) is 5.91 Å². The van der Waals surface area contributed by atoms with Crippen LogP contribution in [-0.4, -0.2) is 32.6 Å². The number of hydrogen-bond acceptors (Lipinski definition) is 5. The number of benzene rings is 2. The standard InChI is InChI=1S/C26H27N5O2/c1-17-22(18-11-13-21(33-2)14-12-18)9-6-10-23(17)25(32)28-20-15-27-26-30-29-24(31(26)16-20)19-7-4-3-5-8-19/h6,9-16,19H,3-5,7-8H2,1-2H3,(H,28,32). The molecule has 1 amide bonds. The molecule has 2 heterocycles. The van der Waals surface area contributed by atoms with Gasteiger partial charge in [-0.1, -0.05) is 43.5 Å². The van der Waals surface area contributed by atoms with Crippen LogP contribution in [0, 0.1) is 6.92 Å². The van der Waals surface area contributed by atoms with Crippen LogP contribution >= 0.6 is 0 Å². The third-order valence-electron chi connectivity index (χ3n) is 6.50. The van der Waals surface area contributed by atoms with E-state index in [1.807, 2.05) is 60.0 Å². The summed E-state index contributed by atoms with van der Waals surface area (Å²) in [4.78, 5) is 17.6. The van der Waals surface area contributed by atoms with Crippen LogP contribution in [0.4, 0.5) is 5.69 Å². The lowest BCUT2D eigenvalue weighted by Gasteiger charge is -2.19. The van der Waals surface area contributed by atoms with Crippen molar-refractivity contribution in [2.24, 2.45) is 0 Å². The Bertz CT molecular complexity index is 1290. The number of aromatic nitrogens is 4. The highest BCUT2D eigenvalue weighted by atomic mass is 16.5. The van der Waals surface area contributed by atoms with Crippen molar-refractivity contribution in [3.63, 3.8) is 0 Å². The smallest absolute Gasteiger partial charge is 0.256 e. The molecule has 1 N–H and O–H groups in total. The number of rotatable bonds is 5. The molecule has 1 saturated carbocycles. The summed E-state index contributed by atoms with van der Waals surface area (Å²) in [5, 5.41) is 11.6. The molecule has 5 rings (SSSR count). The number of anilines is 1. The molecule has 0 aliphatic heterocycles. The van der Waals surface area contributed by atoms with E-state index in [1.54, 1.807) is 13.3 Å². The van der Waals surface area contributed by atoms with Crippen molar-refractivity contribution in [3.05, 3.63) is 71.8 Å². The van der Waals surface area contributed by atoms with Crippen LogP contribution < -0.4 is 10.1 Å². The van der Waals surface area contributed by atoms with Gasteiger partial charge < -0.3 is 10.1 Å². The summed E-state index contributed by atoms with van der Waals surface area (Å²) in [7, 11) is 1.65. The summed E-state index contributed by atoms with van der Waals surface area (Å²) < 4.78 is 7.18. The second-order valence-corrected chi connectivity index (χ2v) is 8.57. The SMILES string of the molecule is COc1ccc(-c2cccc(C(=O)Nc3cnc4nnc(C5CCCCC5)n4c3)c2C)cc1. The molecular weight excluding hydrogens is 414 g/mol. The predicted octanol–water partition coefficient (Wildman–Crippen LogP) is 5.41. The van der Waals surface area contributed by atoms with Gasteiger partial charge in [0.05, 0.1) is 19.0 Å². The zero-order chi connectivity index (χ0) is 22.8. The van der Waals surface area contributed by atoms with Crippen LogP contribution in [-0.2, 0) is 0 Å². The van der Waals surface area contributed by atoms with Gasteiger partial charge in [0.1, 0.15) is 11.6 Å². The molecule has 168 valence electrons. The zero-order valence-corrected chi connectivity index (χ0v) is 18.9. The molecule has 2 aromatic carbocycles. The van der Waals surface area contributed by atoms with E-state index < -0.39 is 0 Å². The summed E-state index contributed by atoms with van der Waals surface area (Å²) in [6.07, 6.45) is 9.47. The van der Waals surface area contributed by atoms with Crippen LogP contribution in [0.25, 0.3) is 16.9 Å². The Balaban J connectivity index is 1.41. The zero-order valence-electron chi connectivity index (χ0n) is 18.9. The maximum absolute atomic E-state index is 13.2. The van der Waals surface area contributed by atoms with E-state index in [0.717, 1.165) is 41.1 Å². The highest BCUT2D eigenvalue weighted by molar-refractivity contribution is 6.06. The number of hydrogen-bond donors (Lipinski definition) is 1. The lowest BCUT2D eigenvalue weighted by Crippen LogP contribution is -2.15. The summed E-state index contributed by atoms with van der Waals surface area (Å²) in [5.41, 5.74) is 4.21. The predicted molar refractivity (Wildman–Crippen MR) is 128 cm³/mol. The van der Waals surface area contributed by atoms with E-state index >= 15 is 0 Å². The molecule has 0 saturated heterocycles. The number of fused-ring (bicyclic) bond motifs is 1. The second kappa shape index (κ2) is 9.02. The van der Waals surface area contributed by atoms with Gasteiger partial charge >= 0.3 is 0 Å². The fraction of sp³-hybridized carbons (Fsp3) is 0.308. The van der Waals surface area contributed by atoms with Gasteiger partial charge in [-0.2, -0.15) is 0 Å². The average Bonchev–Trinajstić information content (AvgIpc) is 3.28. The van der Waals surface area contributed by atoms with Crippen molar-refractivity contribution < 1.29 is 9.53 Å². The van der Waals surface area contributed by atoms with Gasteiger partial charge in [-0.15, -0.1) is 10.2 Å². The van der Waals surface area contributed by atoms with Gasteiger partial charge in [-0.05, 0) is 54.7 Å². The normalized spacial score (nSPS) is 14.4. The first-order valence-corrected chi connectivity index (χ1v) is 11.4. The summed E-state index contributed by atoms with van der Waals surface area (Å²) in [6, 6.07) is 13.6. The molecule has 1 fully saturated rings. The molecule has 0 unspecified atom stereocenters. The second-order valence-electron chi connectivity index (χ2n) is 8.57. The van der Waals surface area contributed by atoms with E-state index in [2.05, 4.69) is 20.5 Å². The molecule has 1 aliphatic rings. The molecule has 1 aliphatic carbocycles. The topological polar surface area (TPSA) is 81.4 Å². The van der Waals surface area contributed by atoms with Crippen molar-refractivity contribution >= 4 is 17.4 Å². The van der Waals surface area contributed by atoms with Gasteiger partial charge in [-0.3, -0.25) is 9.20 Å². The lowest BCUT2D eigenvalue weighted by molar-refractivity contribution is 0.102. The molecular formula is C26H27N5O2. The summed E-state index contributed by atoms with van der Waals surface area (Å²) in [5.74, 6) is 2.52. The van der Waals surface area contributed by atoms with Crippen LogP contribution in [0.15, 0.2) is 54.9 Å². The third-order valence-corrected chi connectivity index (χ3v) is 6.50. The Morgan fingerprint density at radius 3 is 2.61 bits per heavy atom. The molecule has 0 bridgehead atoms. The first-order valence-electron chi connectivity index (χ1n) is 11.4. The minimum atomic E-state index is -0.170. The first kappa shape index (κ1) is 21.1. The molecule has 7 heteroatoms. The van der Waals surface area contributed by atoms with Crippen molar-refractivity contribution in [1.29, 1.82) is 0 Å². The highest BCUT2D eigenvalue weighted by Crippen LogP contribution is 2.32. The monoisotopic (exact) mass is 441 g/mol. The fourth-order valence-electron chi connectivity index (χ4n) is 4.67. The number of ether oxygens (including phenoxy) is 1. The maximum Gasteiger partial charge on any atom is 0.256 e. The van der Waals surface area contributed by atoms with Gasteiger partial charge in [0, 0.05) is 17.7 Å². The Labute approximate surface area is 192 Å². The van der Waals surface area contributed by atoms with E-state index in [1.165, 1.54) is 19.3 Å². The number of nitrogens with one attached hydrogen (secondary N) is 1. The van der Waals surface area contributed by atoms with Crippen molar-refractivity contribution in [2.75, 3.05) is 12.4 Å². The van der Waals surface area contributed by atoms with Crippen molar-refractivity contribution in [3.8, 4) is 16.9 Å². The maximum atomic E-state index is 13.2. The van der Waals surface area contributed by atoms with Crippen LogP contribution in [0.2, 0.25) is 0 Å².